The Morgan fingerprint density at radius 1 is 1.19 bits per heavy atom. The number of rotatable bonds is 7. The van der Waals surface area contributed by atoms with Crippen molar-refractivity contribution >= 4 is 34.9 Å². The van der Waals surface area contributed by atoms with E-state index in [0.717, 1.165) is 4.88 Å². The lowest BCUT2D eigenvalue weighted by Crippen LogP contribution is -2.12. The number of thiophene rings is 1. The second-order valence-electron chi connectivity index (χ2n) is 5.18. The molecule has 0 amide bonds. The molecule has 0 aliphatic heterocycles. The molecule has 3 N–H and O–H groups in total. The van der Waals surface area contributed by atoms with Crippen molar-refractivity contribution in [3.63, 3.8) is 0 Å². The van der Waals surface area contributed by atoms with E-state index in [1.54, 1.807) is 13.2 Å². The average Bonchev–Trinajstić information content (AvgIpc) is 3.13. The van der Waals surface area contributed by atoms with Crippen LogP contribution in [0.3, 0.4) is 0 Å². The molecule has 0 unspecified atom stereocenters. The average molecular weight is 371 g/mol. The van der Waals surface area contributed by atoms with Gasteiger partial charge >= 0.3 is 5.97 Å². The maximum atomic E-state index is 11.9. The van der Waals surface area contributed by atoms with Crippen molar-refractivity contribution in [1.29, 1.82) is 0 Å². The van der Waals surface area contributed by atoms with Crippen LogP contribution in [0, 0.1) is 0 Å². The van der Waals surface area contributed by atoms with Gasteiger partial charge in [0.15, 0.2) is 12.4 Å². The molecule has 134 valence electrons. The van der Waals surface area contributed by atoms with Crippen LogP contribution in [0.1, 0.15) is 10.7 Å². The van der Waals surface area contributed by atoms with Crippen LogP contribution in [0.15, 0.2) is 41.8 Å². The smallest absolute Gasteiger partial charge is 0.311 e. The van der Waals surface area contributed by atoms with Crippen LogP contribution in [0.4, 0.5) is 17.6 Å². The van der Waals surface area contributed by atoms with Crippen LogP contribution in [0.2, 0.25) is 0 Å². The number of aromatic nitrogens is 3. The summed E-state index contributed by atoms with van der Waals surface area (Å²) in [6.45, 7) is -0.0858. The molecule has 26 heavy (non-hydrogen) atoms. The van der Waals surface area contributed by atoms with Crippen molar-refractivity contribution in [1.82, 2.24) is 15.0 Å². The molecule has 0 spiro atoms. The Balaban J connectivity index is 1.66. The van der Waals surface area contributed by atoms with Crippen molar-refractivity contribution in [2.75, 3.05) is 18.2 Å². The Kier molecular flexibility index (Phi) is 5.59. The molecule has 1 aromatic carbocycles. The Morgan fingerprint density at radius 2 is 2.04 bits per heavy atom. The van der Waals surface area contributed by atoms with E-state index in [9.17, 15) is 4.79 Å². The standard InChI is InChI=1S/C17H17N5O3S/c1-24-13-7-3-2-6-12(13)19-17-21-14(20-16(18)22-17)10-25-15(23)9-11-5-4-8-26-11/h2-8H,9-10H2,1H3,(H3,18,19,20,21,22). The number of nitrogens with one attached hydrogen (secondary N) is 1. The number of hydrogen-bond donors (Lipinski definition) is 2. The summed E-state index contributed by atoms with van der Waals surface area (Å²) in [5.74, 6) is 0.809. The van der Waals surface area contributed by atoms with E-state index in [1.807, 2.05) is 35.7 Å². The summed E-state index contributed by atoms with van der Waals surface area (Å²) in [6, 6.07) is 11.1. The van der Waals surface area contributed by atoms with Gasteiger partial charge in [0.2, 0.25) is 11.9 Å². The first-order valence-corrected chi connectivity index (χ1v) is 8.60. The number of ether oxygens (including phenoxy) is 2. The van der Waals surface area contributed by atoms with E-state index in [1.165, 1.54) is 11.3 Å². The topological polar surface area (TPSA) is 112 Å². The van der Waals surface area contributed by atoms with Crippen LogP contribution in [-0.2, 0) is 22.6 Å². The third kappa shape index (κ3) is 4.67. The third-order valence-electron chi connectivity index (χ3n) is 3.31. The van der Waals surface area contributed by atoms with Gasteiger partial charge in [-0.1, -0.05) is 18.2 Å². The molecule has 3 aromatic rings. The van der Waals surface area contributed by atoms with Crippen LogP contribution in [-0.4, -0.2) is 28.0 Å². The molecule has 0 fully saturated rings. The minimum Gasteiger partial charge on any atom is -0.495 e. The highest BCUT2D eigenvalue weighted by atomic mass is 32.1. The molecule has 0 aliphatic rings. The second-order valence-corrected chi connectivity index (χ2v) is 6.21. The second kappa shape index (κ2) is 8.26. The Hall–Kier alpha value is -3.20. The number of esters is 1. The first-order chi connectivity index (χ1) is 12.6. The number of benzene rings is 1. The van der Waals surface area contributed by atoms with Gasteiger partial charge in [0, 0.05) is 4.88 Å². The summed E-state index contributed by atoms with van der Waals surface area (Å²) in [6.07, 6.45) is 0.213. The van der Waals surface area contributed by atoms with E-state index in [2.05, 4.69) is 20.3 Å². The monoisotopic (exact) mass is 371 g/mol. The molecule has 8 nitrogen and oxygen atoms in total. The molecule has 9 heteroatoms. The number of carbonyl (C=O) groups excluding carboxylic acids is 1. The number of para-hydroxylation sites is 2. The van der Waals surface area contributed by atoms with Crippen LogP contribution < -0.4 is 15.8 Å². The number of carbonyl (C=O) groups is 1. The summed E-state index contributed by atoms with van der Waals surface area (Å²) in [7, 11) is 1.57. The molecule has 0 radical (unpaired) electrons. The van der Waals surface area contributed by atoms with E-state index >= 15 is 0 Å². The van der Waals surface area contributed by atoms with Gasteiger partial charge in [-0.25, -0.2) is 0 Å². The summed E-state index contributed by atoms with van der Waals surface area (Å²) in [5.41, 5.74) is 6.41. The predicted molar refractivity (Wildman–Crippen MR) is 98.3 cm³/mol. The van der Waals surface area contributed by atoms with Crippen LogP contribution in [0.25, 0.3) is 0 Å². The van der Waals surface area contributed by atoms with Crippen molar-refractivity contribution in [2.45, 2.75) is 13.0 Å². The molecule has 0 bridgehead atoms. The first-order valence-electron chi connectivity index (χ1n) is 7.72. The van der Waals surface area contributed by atoms with Crippen molar-refractivity contribution < 1.29 is 14.3 Å². The number of nitrogens with zero attached hydrogens (tertiary/aromatic N) is 3. The Morgan fingerprint density at radius 3 is 2.81 bits per heavy atom. The molecule has 2 heterocycles. The fraction of sp³-hybridized carbons (Fsp3) is 0.176. The van der Waals surface area contributed by atoms with Crippen molar-refractivity contribution in [3.8, 4) is 5.75 Å². The maximum Gasteiger partial charge on any atom is 0.311 e. The molecule has 0 aliphatic carbocycles. The molecule has 0 atom stereocenters. The van der Waals surface area contributed by atoms with Crippen LogP contribution >= 0.6 is 11.3 Å². The van der Waals surface area contributed by atoms with E-state index in [-0.39, 0.29) is 36.7 Å². The number of anilines is 3. The molecule has 2 aromatic heterocycles. The largest absolute Gasteiger partial charge is 0.495 e. The fourth-order valence-corrected chi connectivity index (χ4v) is 2.87. The number of methoxy groups -OCH3 is 1. The van der Waals surface area contributed by atoms with Gasteiger partial charge in [0.25, 0.3) is 0 Å². The lowest BCUT2D eigenvalue weighted by atomic mass is 10.3. The van der Waals surface area contributed by atoms with Crippen molar-refractivity contribution in [3.05, 3.63) is 52.5 Å². The van der Waals surface area contributed by atoms with E-state index in [4.69, 9.17) is 15.2 Å². The first kappa shape index (κ1) is 17.6. The summed E-state index contributed by atoms with van der Waals surface area (Å²) in [4.78, 5) is 25.1. The molecule has 0 saturated carbocycles. The predicted octanol–water partition coefficient (Wildman–Crippen LogP) is 2.55. The molecular weight excluding hydrogens is 354 g/mol. The van der Waals surface area contributed by atoms with Gasteiger partial charge in [-0.2, -0.15) is 15.0 Å². The Bertz CT molecular complexity index is 886. The minimum atomic E-state index is -0.356. The van der Waals surface area contributed by atoms with E-state index in [0.29, 0.717) is 11.4 Å². The number of nitrogens with two attached hydrogens (primary N) is 1. The zero-order chi connectivity index (χ0) is 18.4. The van der Waals surface area contributed by atoms with Crippen molar-refractivity contribution in [2.24, 2.45) is 0 Å². The van der Waals surface area contributed by atoms with Gasteiger partial charge in [0.1, 0.15) is 5.75 Å². The highest BCUT2D eigenvalue weighted by Crippen LogP contribution is 2.25. The molecule has 3 rings (SSSR count). The lowest BCUT2D eigenvalue weighted by Gasteiger charge is -2.10. The summed E-state index contributed by atoms with van der Waals surface area (Å²) in [5, 5.41) is 4.93. The number of hydrogen-bond acceptors (Lipinski definition) is 9. The normalized spacial score (nSPS) is 10.3. The molecule has 0 saturated heterocycles. The Labute approximate surface area is 154 Å². The molecular formula is C17H17N5O3S. The highest BCUT2D eigenvalue weighted by Gasteiger charge is 2.11. The SMILES string of the molecule is COc1ccccc1Nc1nc(N)nc(COC(=O)Cc2cccs2)n1. The van der Waals surface area contributed by atoms with E-state index < -0.39 is 0 Å². The van der Waals surface area contributed by atoms with Gasteiger partial charge in [-0.15, -0.1) is 11.3 Å². The zero-order valence-corrected chi connectivity index (χ0v) is 14.8. The van der Waals surface area contributed by atoms with Gasteiger partial charge < -0.3 is 20.5 Å². The number of nitrogen functional groups attached to an aromatic ring is 1. The third-order valence-corrected chi connectivity index (χ3v) is 4.19. The summed E-state index contributed by atoms with van der Waals surface area (Å²) >= 11 is 1.50. The van der Waals surface area contributed by atoms with Crippen LogP contribution in [0.5, 0.6) is 5.75 Å². The van der Waals surface area contributed by atoms with Gasteiger partial charge in [-0.3, -0.25) is 4.79 Å². The quantitative estimate of drug-likeness (QED) is 0.609. The van der Waals surface area contributed by atoms with Gasteiger partial charge in [0.05, 0.1) is 19.2 Å². The zero-order valence-electron chi connectivity index (χ0n) is 14.0. The minimum absolute atomic E-state index is 0.0294. The lowest BCUT2D eigenvalue weighted by molar-refractivity contribution is -0.144. The highest BCUT2D eigenvalue weighted by molar-refractivity contribution is 7.10. The fourth-order valence-electron chi connectivity index (χ4n) is 2.18. The summed E-state index contributed by atoms with van der Waals surface area (Å²) < 4.78 is 10.5. The van der Waals surface area contributed by atoms with Gasteiger partial charge in [-0.05, 0) is 23.6 Å². The maximum absolute atomic E-state index is 11.9.